The molecule has 37 heavy (non-hydrogen) atoms. The molecule has 190 valence electrons. The Morgan fingerprint density at radius 1 is 1.11 bits per heavy atom. The smallest absolute Gasteiger partial charge is 0.327 e. The predicted octanol–water partition coefficient (Wildman–Crippen LogP) is 4.74. The number of amides is 3. The molecule has 9 heteroatoms. The molecule has 3 N–H and O–H groups in total. The molecule has 4 heterocycles. The lowest BCUT2D eigenvalue weighted by atomic mass is 9.98. The summed E-state index contributed by atoms with van der Waals surface area (Å²) in [7, 11) is 0. The molecule has 0 saturated carbocycles. The number of urea groups is 1. The first-order valence-electron chi connectivity index (χ1n) is 12.6. The van der Waals surface area contributed by atoms with Crippen molar-refractivity contribution in [3.63, 3.8) is 0 Å². The number of hydrogen-bond donors (Lipinski definition) is 3. The highest BCUT2D eigenvalue weighted by molar-refractivity contribution is 8.01. The van der Waals surface area contributed by atoms with Crippen LogP contribution in [-0.2, 0) is 4.79 Å². The molecule has 1 aromatic heterocycles. The van der Waals surface area contributed by atoms with Crippen LogP contribution in [0.5, 0.6) is 11.5 Å². The second kappa shape index (κ2) is 9.72. The van der Waals surface area contributed by atoms with Crippen molar-refractivity contribution in [2.24, 2.45) is 0 Å². The number of benzene rings is 2. The number of carbonyl (C=O) groups excluding carboxylic acids is 2. The van der Waals surface area contributed by atoms with Crippen LogP contribution in [0.15, 0.2) is 59.8 Å². The highest BCUT2D eigenvalue weighted by Crippen LogP contribution is 2.51. The van der Waals surface area contributed by atoms with Gasteiger partial charge in [-0.2, -0.15) is 0 Å². The summed E-state index contributed by atoms with van der Waals surface area (Å²) in [6, 6.07) is 14.7. The van der Waals surface area contributed by atoms with E-state index in [-0.39, 0.29) is 18.0 Å². The number of hydrogen-bond acceptors (Lipinski definition) is 6. The summed E-state index contributed by atoms with van der Waals surface area (Å²) in [5.74, 6) is 1.44. The topological polar surface area (TPSA) is 95.6 Å². The van der Waals surface area contributed by atoms with Gasteiger partial charge >= 0.3 is 6.03 Å². The maximum Gasteiger partial charge on any atom is 0.327 e. The molecule has 3 aromatic rings. The third-order valence-corrected chi connectivity index (χ3v) is 8.62. The predicted molar refractivity (Wildman–Crippen MR) is 144 cm³/mol. The van der Waals surface area contributed by atoms with Crippen LogP contribution in [-0.4, -0.2) is 41.3 Å². The van der Waals surface area contributed by atoms with Crippen LogP contribution >= 0.6 is 11.8 Å². The van der Waals surface area contributed by atoms with Gasteiger partial charge in [-0.15, -0.1) is 0 Å². The van der Waals surface area contributed by atoms with Crippen molar-refractivity contribution in [1.82, 2.24) is 20.9 Å². The van der Waals surface area contributed by atoms with Crippen LogP contribution in [0.4, 0.5) is 16.2 Å². The molecule has 0 radical (unpaired) electrons. The maximum absolute atomic E-state index is 13.6. The number of aromatic nitrogens is 1. The minimum absolute atomic E-state index is 0.0594. The minimum atomic E-state index is -0.457. The van der Waals surface area contributed by atoms with Crippen molar-refractivity contribution in [2.45, 2.75) is 49.0 Å². The van der Waals surface area contributed by atoms with Crippen LogP contribution in [0.3, 0.4) is 0 Å². The molecule has 3 amide bonds. The van der Waals surface area contributed by atoms with E-state index in [4.69, 9.17) is 4.74 Å². The van der Waals surface area contributed by atoms with Gasteiger partial charge in [0.2, 0.25) is 5.91 Å². The number of carbonyl (C=O) groups is 2. The van der Waals surface area contributed by atoms with Gasteiger partial charge in [0.25, 0.3) is 0 Å². The van der Waals surface area contributed by atoms with Gasteiger partial charge in [-0.1, -0.05) is 30.0 Å². The summed E-state index contributed by atoms with van der Waals surface area (Å²) in [5.41, 5.74) is 4.33. The molecule has 1 saturated heterocycles. The van der Waals surface area contributed by atoms with Gasteiger partial charge in [-0.3, -0.25) is 9.69 Å². The number of nitrogens with zero attached hydrogens (tertiary/aromatic N) is 2. The summed E-state index contributed by atoms with van der Waals surface area (Å²) in [5, 5.41) is 9.95. The Hall–Kier alpha value is -3.56. The van der Waals surface area contributed by atoms with Crippen molar-refractivity contribution in [3.8, 4) is 11.5 Å². The lowest BCUT2D eigenvalue weighted by Crippen LogP contribution is -2.52. The van der Waals surface area contributed by atoms with E-state index in [1.165, 1.54) is 11.8 Å². The standard InChI is InChI=1S/C28H29N5O3S/c1-16-17(2)22(36-19-8-4-3-5-9-19)11-10-20(16)33-21-12-14-30-27-23(21)24(32-28(33)35)25(37-27)26(34)31-18-7-6-13-29-15-18/h3-5,8-12,14,18,24-25,29H,6-7,13,15H2,1-2H3,(H,31,34)(H,32,35)/t18?,24?,25-/m1/s1. The lowest BCUT2D eigenvalue weighted by Gasteiger charge is -2.35. The zero-order valence-electron chi connectivity index (χ0n) is 20.8. The Morgan fingerprint density at radius 2 is 1.95 bits per heavy atom. The van der Waals surface area contributed by atoms with E-state index < -0.39 is 11.3 Å². The number of piperidine rings is 1. The monoisotopic (exact) mass is 515 g/mol. The molecule has 1 fully saturated rings. The third-order valence-electron chi connectivity index (χ3n) is 7.33. The van der Waals surface area contributed by atoms with Gasteiger partial charge in [0.05, 0.1) is 17.4 Å². The zero-order chi connectivity index (χ0) is 25.5. The number of anilines is 2. The molecule has 3 aliphatic heterocycles. The van der Waals surface area contributed by atoms with Crippen molar-refractivity contribution in [2.75, 3.05) is 18.0 Å². The summed E-state index contributed by atoms with van der Waals surface area (Å²) < 4.78 is 6.10. The molecule has 2 unspecified atom stereocenters. The zero-order valence-corrected chi connectivity index (χ0v) is 21.6. The van der Waals surface area contributed by atoms with Crippen LogP contribution in [0.1, 0.15) is 35.6 Å². The van der Waals surface area contributed by atoms with E-state index in [9.17, 15) is 9.59 Å². The summed E-state index contributed by atoms with van der Waals surface area (Å²) >= 11 is 1.43. The fourth-order valence-electron chi connectivity index (χ4n) is 5.27. The SMILES string of the molecule is Cc1c(Oc2ccccc2)ccc(N2C(=O)NC3c4c2ccnc4S[C@H]3C(=O)NC2CCCNC2)c1C. The average Bonchev–Trinajstić information content (AvgIpc) is 3.28. The van der Waals surface area contributed by atoms with Crippen molar-refractivity contribution < 1.29 is 14.3 Å². The van der Waals surface area contributed by atoms with Crippen LogP contribution in [0.25, 0.3) is 0 Å². The van der Waals surface area contributed by atoms with E-state index in [1.54, 1.807) is 11.1 Å². The second-order valence-corrected chi connectivity index (χ2v) is 10.8. The van der Waals surface area contributed by atoms with Crippen LogP contribution in [0.2, 0.25) is 0 Å². The number of pyridine rings is 1. The van der Waals surface area contributed by atoms with Gasteiger partial charge in [0, 0.05) is 24.3 Å². The van der Waals surface area contributed by atoms with Gasteiger partial charge in [-0.25, -0.2) is 9.78 Å². The fourth-order valence-corrected chi connectivity index (χ4v) is 6.51. The Morgan fingerprint density at radius 3 is 2.73 bits per heavy atom. The van der Waals surface area contributed by atoms with E-state index >= 15 is 0 Å². The maximum atomic E-state index is 13.6. The van der Waals surface area contributed by atoms with Gasteiger partial charge < -0.3 is 20.7 Å². The molecule has 3 atom stereocenters. The number of ether oxygens (including phenoxy) is 1. The Labute approximate surface area is 220 Å². The molecule has 0 spiro atoms. The van der Waals surface area contributed by atoms with Crippen molar-refractivity contribution in [3.05, 3.63) is 71.4 Å². The normalized spacial score (nSPS) is 22.3. The Kier molecular flexibility index (Phi) is 6.26. The highest BCUT2D eigenvalue weighted by Gasteiger charge is 2.47. The average molecular weight is 516 g/mol. The number of thioether (sulfide) groups is 1. The largest absolute Gasteiger partial charge is 0.457 e. The Balaban J connectivity index is 1.30. The lowest BCUT2D eigenvalue weighted by molar-refractivity contribution is -0.121. The van der Waals surface area contributed by atoms with Crippen LogP contribution < -0.4 is 25.6 Å². The molecule has 2 aromatic carbocycles. The van der Waals surface area contributed by atoms with E-state index in [0.717, 1.165) is 70.5 Å². The summed E-state index contributed by atoms with van der Waals surface area (Å²) in [6.45, 7) is 5.74. The molecule has 6 rings (SSSR count). The first kappa shape index (κ1) is 23.8. The van der Waals surface area contributed by atoms with Crippen LogP contribution in [0, 0.1) is 13.8 Å². The molecule has 3 aliphatic rings. The first-order chi connectivity index (χ1) is 18.0. The quantitative estimate of drug-likeness (QED) is 0.455. The first-order valence-corrected chi connectivity index (χ1v) is 13.5. The van der Waals surface area contributed by atoms with Crippen molar-refractivity contribution >= 4 is 35.1 Å². The van der Waals surface area contributed by atoms with Gasteiger partial charge in [0.15, 0.2) is 0 Å². The minimum Gasteiger partial charge on any atom is -0.457 e. The number of nitrogens with one attached hydrogen (secondary N) is 3. The van der Waals surface area contributed by atoms with E-state index in [2.05, 4.69) is 20.9 Å². The van der Waals surface area contributed by atoms with Crippen molar-refractivity contribution in [1.29, 1.82) is 0 Å². The number of para-hydroxylation sites is 1. The van der Waals surface area contributed by atoms with Gasteiger partial charge in [-0.05, 0) is 74.7 Å². The Bertz CT molecular complexity index is 1360. The highest BCUT2D eigenvalue weighted by atomic mass is 32.2. The molecular weight excluding hydrogens is 486 g/mol. The molecule has 8 nitrogen and oxygen atoms in total. The summed E-state index contributed by atoms with van der Waals surface area (Å²) in [6.07, 6.45) is 3.71. The third kappa shape index (κ3) is 4.32. The van der Waals surface area contributed by atoms with E-state index in [1.807, 2.05) is 62.4 Å². The molecule has 0 bridgehead atoms. The molecular formula is C28H29N5O3S. The summed E-state index contributed by atoms with van der Waals surface area (Å²) in [4.78, 5) is 33.1. The fraction of sp³-hybridized carbons (Fsp3) is 0.321. The second-order valence-electron chi connectivity index (χ2n) is 9.65. The molecule has 0 aliphatic carbocycles. The van der Waals surface area contributed by atoms with E-state index in [0.29, 0.717) is 0 Å². The van der Waals surface area contributed by atoms with Gasteiger partial charge in [0.1, 0.15) is 21.8 Å². The number of rotatable bonds is 5.